The number of hydrogen-bond donors (Lipinski definition) is 3. The van der Waals surface area contributed by atoms with Gasteiger partial charge in [0.15, 0.2) is 0 Å². The van der Waals surface area contributed by atoms with Gasteiger partial charge in [-0.25, -0.2) is 15.0 Å². The topological polar surface area (TPSA) is 162 Å². The van der Waals surface area contributed by atoms with Gasteiger partial charge in [-0.05, 0) is 30.4 Å². The van der Waals surface area contributed by atoms with Gasteiger partial charge < -0.3 is 16.2 Å². The van der Waals surface area contributed by atoms with E-state index >= 15 is 0 Å². The third kappa shape index (κ3) is 6.28. The van der Waals surface area contributed by atoms with Gasteiger partial charge in [-0.15, -0.1) is 0 Å². The molecule has 11 heteroatoms. The molecular formula is C24H27N7O4. The number of nitrogen functional groups attached to an aromatic ring is 1. The van der Waals surface area contributed by atoms with Gasteiger partial charge >= 0.3 is 5.69 Å². The number of anilines is 2. The summed E-state index contributed by atoms with van der Waals surface area (Å²) in [4.78, 5) is 32.1. The zero-order chi connectivity index (χ0) is 25.4. The molecule has 4 aromatic rings. The number of hydrogen-bond acceptors (Lipinski definition) is 8. The van der Waals surface area contributed by atoms with Crippen LogP contribution < -0.4 is 11.1 Å². The van der Waals surface area contributed by atoms with E-state index < -0.39 is 4.92 Å². The van der Waals surface area contributed by atoms with Crippen molar-refractivity contribution < 1.29 is 14.8 Å². The first-order chi connectivity index (χ1) is 16.8. The lowest BCUT2D eigenvalue weighted by molar-refractivity contribution is -0.384. The van der Waals surface area contributed by atoms with Crippen LogP contribution in [0.2, 0.25) is 0 Å². The molecule has 4 rings (SSSR count). The quantitative estimate of drug-likeness (QED) is 0.146. The van der Waals surface area contributed by atoms with Gasteiger partial charge in [0.25, 0.3) is 6.47 Å². The van der Waals surface area contributed by atoms with Gasteiger partial charge in [0.2, 0.25) is 11.8 Å². The fourth-order valence-corrected chi connectivity index (χ4v) is 3.51. The Hall–Kier alpha value is -4.54. The average molecular weight is 478 g/mol. The highest BCUT2D eigenvalue weighted by atomic mass is 16.6. The number of nitrogens with two attached hydrogens (primary N) is 1. The van der Waals surface area contributed by atoms with E-state index in [1.165, 1.54) is 11.6 Å². The molecule has 0 spiro atoms. The summed E-state index contributed by atoms with van der Waals surface area (Å²) >= 11 is 0. The number of nitrogens with zero attached hydrogens (tertiary/aromatic N) is 5. The van der Waals surface area contributed by atoms with E-state index in [9.17, 15) is 10.1 Å². The van der Waals surface area contributed by atoms with Crippen LogP contribution in [0.1, 0.15) is 37.4 Å². The number of fused-ring (bicyclic) bond motifs is 1. The molecule has 0 atom stereocenters. The first-order valence-corrected chi connectivity index (χ1v) is 11.0. The Balaban J connectivity index is 0.00000108. The maximum Gasteiger partial charge on any atom is 0.311 e. The van der Waals surface area contributed by atoms with Crippen molar-refractivity contribution in [1.82, 2.24) is 19.4 Å². The summed E-state index contributed by atoms with van der Waals surface area (Å²) < 4.78 is 1.91. The van der Waals surface area contributed by atoms with E-state index in [1.807, 2.05) is 16.7 Å². The minimum Gasteiger partial charge on any atom is -0.483 e. The van der Waals surface area contributed by atoms with Crippen LogP contribution in [0.5, 0.6) is 0 Å². The molecule has 0 bridgehead atoms. The predicted octanol–water partition coefficient (Wildman–Crippen LogP) is 4.15. The molecule has 3 aromatic heterocycles. The summed E-state index contributed by atoms with van der Waals surface area (Å²) in [5.41, 5.74) is 10.2. The Labute approximate surface area is 201 Å². The second-order valence-corrected chi connectivity index (χ2v) is 8.00. The number of aryl methyl sites for hydroxylation is 1. The summed E-state index contributed by atoms with van der Waals surface area (Å²) in [6.07, 6.45) is 5.01. The highest BCUT2D eigenvalue weighted by molar-refractivity contribution is 5.66. The van der Waals surface area contributed by atoms with E-state index in [-0.39, 0.29) is 18.0 Å². The van der Waals surface area contributed by atoms with Crippen LogP contribution in [0.3, 0.4) is 0 Å². The van der Waals surface area contributed by atoms with Gasteiger partial charge in [0.05, 0.1) is 10.6 Å². The van der Waals surface area contributed by atoms with Gasteiger partial charge in [0.1, 0.15) is 5.65 Å². The van der Waals surface area contributed by atoms with Crippen molar-refractivity contribution in [2.75, 3.05) is 17.6 Å². The molecule has 0 aliphatic carbocycles. The second kappa shape index (κ2) is 11.5. The number of nitrogens with one attached hydrogen (secondary N) is 1. The number of benzene rings is 1. The Morgan fingerprint density at radius 1 is 1.20 bits per heavy atom. The molecule has 1 aromatic carbocycles. The van der Waals surface area contributed by atoms with Crippen molar-refractivity contribution in [3.63, 3.8) is 0 Å². The van der Waals surface area contributed by atoms with Crippen molar-refractivity contribution in [2.45, 2.75) is 32.6 Å². The maximum atomic E-state index is 10.9. The van der Waals surface area contributed by atoms with Crippen LogP contribution in [0.4, 0.5) is 17.5 Å². The third-order valence-corrected chi connectivity index (χ3v) is 5.31. The van der Waals surface area contributed by atoms with Crippen molar-refractivity contribution in [1.29, 1.82) is 0 Å². The number of carbonyl (C=O) groups is 1. The number of nitro groups is 1. The van der Waals surface area contributed by atoms with E-state index in [0.29, 0.717) is 24.8 Å². The van der Waals surface area contributed by atoms with Gasteiger partial charge in [-0.2, -0.15) is 0 Å². The number of imidazole rings is 1. The molecule has 0 unspecified atom stereocenters. The van der Waals surface area contributed by atoms with Crippen LogP contribution in [-0.4, -0.2) is 42.4 Å². The molecule has 0 saturated heterocycles. The largest absolute Gasteiger partial charge is 0.483 e. The van der Waals surface area contributed by atoms with Crippen molar-refractivity contribution in [3.05, 3.63) is 76.2 Å². The lowest BCUT2D eigenvalue weighted by Crippen LogP contribution is -2.10. The molecule has 182 valence electrons. The number of pyridine rings is 1. The number of rotatable bonds is 8. The first kappa shape index (κ1) is 25.1. The summed E-state index contributed by atoms with van der Waals surface area (Å²) in [7, 11) is 0. The number of aromatic nitrogens is 4. The fraction of sp³-hybridized carbons (Fsp3) is 0.250. The molecule has 35 heavy (non-hydrogen) atoms. The standard InChI is InChI=1S/C23H25N7O2.CH2O2/c1-15(2)16-5-7-17(8-6-16)19-14-21-25-12-13-29(21)23(28-19)26-11-3-4-18-9-10-20(30(31)32)22(24)27-18;2-1-3/h5-10,12-15H,3-4,11H2,1-2H3,(H2,24,27)(H,26,28);1H,(H,2,3). The van der Waals surface area contributed by atoms with E-state index in [0.717, 1.165) is 29.0 Å². The Kier molecular flexibility index (Phi) is 8.28. The highest BCUT2D eigenvalue weighted by Gasteiger charge is 2.13. The number of carboxylic acid groups (broad SMARTS) is 1. The average Bonchev–Trinajstić information content (AvgIpc) is 3.31. The van der Waals surface area contributed by atoms with Crippen LogP contribution in [0.25, 0.3) is 16.9 Å². The van der Waals surface area contributed by atoms with E-state index in [4.69, 9.17) is 20.6 Å². The van der Waals surface area contributed by atoms with Gasteiger partial charge in [-0.3, -0.25) is 19.3 Å². The Bertz CT molecular complexity index is 1300. The minimum atomic E-state index is -0.529. The summed E-state index contributed by atoms with van der Waals surface area (Å²) in [5.74, 6) is 1.13. The first-order valence-electron chi connectivity index (χ1n) is 11.0. The van der Waals surface area contributed by atoms with Crippen LogP contribution >= 0.6 is 0 Å². The monoisotopic (exact) mass is 477 g/mol. The van der Waals surface area contributed by atoms with Crippen molar-refractivity contribution >= 4 is 29.6 Å². The van der Waals surface area contributed by atoms with Gasteiger partial charge in [-0.1, -0.05) is 38.1 Å². The van der Waals surface area contributed by atoms with Crippen LogP contribution in [0, 0.1) is 10.1 Å². The summed E-state index contributed by atoms with van der Waals surface area (Å²) in [6, 6.07) is 13.5. The molecule has 0 fully saturated rings. The molecule has 11 nitrogen and oxygen atoms in total. The Morgan fingerprint density at radius 2 is 1.91 bits per heavy atom. The smallest absolute Gasteiger partial charge is 0.311 e. The Morgan fingerprint density at radius 3 is 2.54 bits per heavy atom. The summed E-state index contributed by atoms with van der Waals surface area (Å²) in [6.45, 7) is 4.74. The van der Waals surface area contributed by atoms with Crippen molar-refractivity contribution in [3.8, 4) is 11.3 Å². The second-order valence-electron chi connectivity index (χ2n) is 8.00. The molecule has 0 saturated carbocycles. The summed E-state index contributed by atoms with van der Waals surface area (Å²) in [5, 5.41) is 21.1. The molecule has 3 heterocycles. The fourth-order valence-electron chi connectivity index (χ4n) is 3.51. The lowest BCUT2D eigenvalue weighted by atomic mass is 10.0. The third-order valence-electron chi connectivity index (χ3n) is 5.31. The molecule has 0 amide bonds. The maximum absolute atomic E-state index is 10.9. The predicted molar refractivity (Wildman–Crippen MR) is 133 cm³/mol. The lowest BCUT2D eigenvalue weighted by Gasteiger charge is -2.11. The van der Waals surface area contributed by atoms with E-state index in [1.54, 1.807) is 12.3 Å². The normalized spacial score (nSPS) is 10.6. The van der Waals surface area contributed by atoms with Crippen molar-refractivity contribution in [2.24, 2.45) is 0 Å². The molecule has 0 radical (unpaired) electrons. The SMILES string of the molecule is CC(C)c1ccc(-c2cc3nccn3c(NCCCc3ccc([N+](=O)[O-])c(N)n3)n2)cc1.O=CO. The van der Waals surface area contributed by atoms with Crippen LogP contribution in [-0.2, 0) is 11.2 Å². The van der Waals surface area contributed by atoms with Gasteiger partial charge in [0, 0.05) is 42.3 Å². The minimum absolute atomic E-state index is 0.0570. The molecular weight excluding hydrogens is 450 g/mol. The highest BCUT2D eigenvalue weighted by Crippen LogP contribution is 2.24. The van der Waals surface area contributed by atoms with E-state index in [2.05, 4.69) is 53.4 Å². The van der Waals surface area contributed by atoms with Crippen LogP contribution in [0.15, 0.2) is 54.9 Å². The molecule has 4 N–H and O–H groups in total. The zero-order valence-corrected chi connectivity index (χ0v) is 19.5. The molecule has 0 aliphatic heterocycles. The zero-order valence-electron chi connectivity index (χ0n) is 19.5. The molecule has 0 aliphatic rings.